The van der Waals surface area contributed by atoms with Gasteiger partial charge < -0.3 is 4.74 Å². The van der Waals surface area contributed by atoms with Crippen molar-refractivity contribution in [3.05, 3.63) is 34.3 Å². The molecule has 0 atom stereocenters. The Morgan fingerprint density at radius 2 is 1.89 bits per heavy atom. The molecule has 4 heteroatoms. The van der Waals surface area contributed by atoms with Crippen LogP contribution < -0.4 is 0 Å². The molecule has 1 aromatic rings. The summed E-state index contributed by atoms with van der Waals surface area (Å²) in [5.74, 6) is 0.591. The Morgan fingerprint density at radius 3 is 2.42 bits per heavy atom. The van der Waals surface area contributed by atoms with Crippen molar-refractivity contribution in [1.82, 2.24) is 0 Å². The average Bonchev–Trinajstić information content (AvgIpc) is 2.39. The van der Waals surface area contributed by atoms with Crippen LogP contribution in [0.25, 0.3) is 0 Å². The summed E-state index contributed by atoms with van der Waals surface area (Å²) in [6.45, 7) is 5.98. The van der Waals surface area contributed by atoms with E-state index < -0.39 is 0 Å². The van der Waals surface area contributed by atoms with Gasteiger partial charge in [-0.15, -0.1) is 0 Å². The van der Waals surface area contributed by atoms with Crippen molar-refractivity contribution in [2.24, 2.45) is 5.92 Å². The molecule has 1 aromatic carbocycles. The quantitative estimate of drug-likeness (QED) is 0.368. The number of rotatable bonds is 8. The van der Waals surface area contributed by atoms with Crippen LogP contribution in [-0.4, -0.2) is 23.9 Å². The van der Waals surface area contributed by atoms with Crippen molar-refractivity contribution in [3.63, 3.8) is 0 Å². The van der Waals surface area contributed by atoms with Crippen LogP contribution in [0, 0.1) is 5.92 Å². The molecule has 1 rings (SSSR count). The summed E-state index contributed by atoms with van der Waals surface area (Å²) in [6.07, 6.45) is 1.01. The van der Waals surface area contributed by atoms with Crippen molar-refractivity contribution < 1.29 is 4.74 Å². The van der Waals surface area contributed by atoms with Crippen LogP contribution in [0.2, 0.25) is 0 Å². The van der Waals surface area contributed by atoms with Crippen LogP contribution in [-0.2, 0) is 10.2 Å². The van der Waals surface area contributed by atoms with E-state index in [0.29, 0.717) is 5.92 Å². The second-order valence-electron chi connectivity index (χ2n) is 5.28. The Hall–Kier alpha value is 0.620. The fourth-order valence-electron chi connectivity index (χ4n) is 1.87. The fraction of sp³-hybridized carbons (Fsp3) is 0.600. The third-order valence-corrected chi connectivity index (χ3v) is 5.76. The number of hydrogen-bond acceptors (Lipinski definition) is 1. The van der Waals surface area contributed by atoms with Gasteiger partial charge in [-0.05, 0) is 30.0 Å². The molecule has 19 heavy (non-hydrogen) atoms. The van der Waals surface area contributed by atoms with Crippen molar-refractivity contribution in [1.29, 1.82) is 0 Å². The van der Waals surface area contributed by atoms with Gasteiger partial charge >= 0.3 is 0 Å². The first-order chi connectivity index (χ1) is 9.04. The zero-order chi connectivity index (χ0) is 14.3. The molecular weight excluding hydrogens is 436 g/mol. The minimum atomic E-state index is 0.0841. The van der Waals surface area contributed by atoms with E-state index in [4.69, 9.17) is 4.74 Å². The molecule has 0 saturated heterocycles. The predicted octanol–water partition coefficient (Wildman–Crippen LogP) is 5.54. The topological polar surface area (TPSA) is 9.23 Å². The van der Waals surface area contributed by atoms with Gasteiger partial charge in [0.05, 0.1) is 0 Å². The molecule has 0 aliphatic heterocycles. The van der Waals surface area contributed by atoms with Gasteiger partial charge in [-0.1, -0.05) is 73.8 Å². The molecule has 0 radical (unpaired) electrons. The summed E-state index contributed by atoms with van der Waals surface area (Å²) >= 11 is 10.9. The van der Waals surface area contributed by atoms with E-state index in [1.165, 1.54) is 5.56 Å². The first-order valence-corrected chi connectivity index (χ1v) is 9.53. The molecule has 108 valence electrons. The van der Waals surface area contributed by atoms with E-state index in [0.717, 1.165) is 34.8 Å². The summed E-state index contributed by atoms with van der Waals surface area (Å²) in [7, 11) is 0. The van der Waals surface area contributed by atoms with Gasteiger partial charge in [-0.3, -0.25) is 0 Å². The van der Waals surface area contributed by atoms with Crippen LogP contribution >= 0.6 is 47.8 Å². The Balaban J connectivity index is 2.73. The largest absolute Gasteiger partial charge is 0.381 e. The lowest BCUT2D eigenvalue weighted by Crippen LogP contribution is -2.32. The minimum Gasteiger partial charge on any atom is -0.381 e. The molecule has 0 aliphatic carbocycles. The molecule has 0 bridgehead atoms. The fourth-order valence-corrected chi connectivity index (χ4v) is 4.41. The van der Waals surface area contributed by atoms with E-state index in [2.05, 4.69) is 85.9 Å². The summed E-state index contributed by atoms with van der Waals surface area (Å²) in [5.41, 5.74) is 1.42. The van der Waals surface area contributed by atoms with E-state index in [1.54, 1.807) is 0 Å². The molecule has 0 heterocycles. The predicted molar refractivity (Wildman–Crippen MR) is 93.7 cm³/mol. The number of ether oxygens (including phenoxy) is 1. The maximum atomic E-state index is 5.75. The van der Waals surface area contributed by atoms with Gasteiger partial charge in [0.25, 0.3) is 0 Å². The molecular formula is C15H21Br3O. The van der Waals surface area contributed by atoms with Crippen molar-refractivity contribution >= 4 is 47.8 Å². The maximum absolute atomic E-state index is 5.75. The van der Waals surface area contributed by atoms with Gasteiger partial charge in [0.15, 0.2) is 0 Å². The highest BCUT2D eigenvalue weighted by Gasteiger charge is 2.30. The van der Waals surface area contributed by atoms with Gasteiger partial charge in [0.2, 0.25) is 0 Å². The lowest BCUT2D eigenvalue weighted by Gasteiger charge is -2.31. The lowest BCUT2D eigenvalue weighted by atomic mass is 9.82. The first kappa shape index (κ1) is 17.7. The average molecular weight is 457 g/mol. The molecule has 0 saturated carbocycles. The smallest absolute Gasteiger partial charge is 0.0488 e. The Morgan fingerprint density at radius 1 is 1.21 bits per heavy atom. The number of hydrogen-bond donors (Lipinski definition) is 0. The highest BCUT2D eigenvalue weighted by atomic mass is 79.9. The van der Waals surface area contributed by atoms with Crippen molar-refractivity contribution in [3.8, 4) is 0 Å². The molecule has 0 amide bonds. The second-order valence-corrected chi connectivity index (χ2v) is 7.31. The zero-order valence-corrected chi connectivity index (χ0v) is 16.2. The van der Waals surface area contributed by atoms with Crippen LogP contribution in [0.1, 0.15) is 25.8 Å². The molecule has 1 nitrogen and oxygen atoms in total. The van der Waals surface area contributed by atoms with Gasteiger partial charge in [-0.2, -0.15) is 0 Å². The van der Waals surface area contributed by atoms with E-state index >= 15 is 0 Å². The number of halogens is 3. The summed E-state index contributed by atoms with van der Waals surface area (Å²) in [5, 5.41) is 1.85. The zero-order valence-electron chi connectivity index (χ0n) is 11.5. The molecule has 0 fully saturated rings. The SMILES string of the molecule is CC(C)COCCC(CBr)(CBr)c1cccc(Br)c1. The van der Waals surface area contributed by atoms with Crippen molar-refractivity contribution in [2.45, 2.75) is 25.7 Å². The summed E-state index contributed by atoms with van der Waals surface area (Å²) in [4.78, 5) is 0. The summed E-state index contributed by atoms with van der Waals surface area (Å²) in [6, 6.07) is 8.54. The first-order valence-electron chi connectivity index (χ1n) is 6.50. The Kier molecular flexibility index (Phi) is 8.19. The minimum absolute atomic E-state index is 0.0841. The van der Waals surface area contributed by atoms with E-state index in [-0.39, 0.29) is 5.41 Å². The standard InChI is InChI=1S/C15H21Br3O/c1-12(2)9-19-7-6-15(10-16,11-17)13-4-3-5-14(18)8-13/h3-5,8,12H,6-7,9-11H2,1-2H3. The van der Waals surface area contributed by atoms with Gasteiger partial charge in [-0.25, -0.2) is 0 Å². The Bertz CT molecular complexity index is 375. The van der Waals surface area contributed by atoms with Crippen LogP contribution in [0.4, 0.5) is 0 Å². The molecule has 0 spiro atoms. The third kappa shape index (κ3) is 5.49. The van der Waals surface area contributed by atoms with Gasteiger partial charge in [0, 0.05) is 33.8 Å². The normalized spacial score (nSPS) is 12.1. The molecule has 0 N–H and O–H groups in total. The number of alkyl halides is 2. The van der Waals surface area contributed by atoms with Crippen LogP contribution in [0.15, 0.2) is 28.7 Å². The van der Waals surface area contributed by atoms with Crippen LogP contribution in [0.3, 0.4) is 0 Å². The second kappa shape index (κ2) is 8.81. The monoisotopic (exact) mass is 454 g/mol. The third-order valence-electron chi connectivity index (χ3n) is 3.12. The molecule has 0 aliphatic rings. The lowest BCUT2D eigenvalue weighted by molar-refractivity contribution is 0.0975. The maximum Gasteiger partial charge on any atom is 0.0488 e. The van der Waals surface area contributed by atoms with Gasteiger partial charge in [0.1, 0.15) is 0 Å². The highest BCUT2D eigenvalue weighted by Crippen LogP contribution is 2.33. The van der Waals surface area contributed by atoms with Crippen molar-refractivity contribution in [2.75, 3.05) is 23.9 Å². The summed E-state index contributed by atoms with van der Waals surface area (Å²) < 4.78 is 6.88. The highest BCUT2D eigenvalue weighted by molar-refractivity contribution is 9.10. The van der Waals surface area contributed by atoms with E-state index in [1.807, 2.05) is 0 Å². The van der Waals surface area contributed by atoms with E-state index in [9.17, 15) is 0 Å². The Labute approximate surface area is 141 Å². The molecule has 0 unspecified atom stereocenters. The number of benzene rings is 1. The molecule has 0 aromatic heterocycles. The van der Waals surface area contributed by atoms with Crippen LogP contribution in [0.5, 0.6) is 0 Å².